The molecule has 4 N–H and O–H groups in total. The Morgan fingerprint density at radius 3 is 2.36 bits per heavy atom. The molecule has 13 heteroatoms. The molecule has 13 nitrogen and oxygen atoms in total. The number of benzene rings is 2. The SMILES string of the molecule is C[C@@H]1CCCCO[C@@H](CN(C)C(=O)NC2CCCCC2)[C@H](C)CN([C@H](C)CO)C(=O)c2cc(NC(=O)Nc3ccc4c(c3)OCO4)ccc2O1. The van der Waals surface area contributed by atoms with Crippen molar-refractivity contribution in [2.45, 2.75) is 96.4 Å². The van der Waals surface area contributed by atoms with Crippen molar-refractivity contribution in [3.8, 4) is 17.2 Å². The predicted molar refractivity (Wildman–Crippen MR) is 190 cm³/mol. The van der Waals surface area contributed by atoms with E-state index in [4.69, 9.17) is 18.9 Å². The molecule has 0 aromatic heterocycles. The Balaban J connectivity index is 1.34. The summed E-state index contributed by atoms with van der Waals surface area (Å²) in [6.45, 7) is 6.77. The van der Waals surface area contributed by atoms with Gasteiger partial charge >= 0.3 is 12.1 Å². The van der Waals surface area contributed by atoms with E-state index in [1.54, 1.807) is 60.2 Å². The molecule has 5 amide bonds. The van der Waals surface area contributed by atoms with Crippen LogP contribution in [0.5, 0.6) is 17.2 Å². The lowest BCUT2D eigenvalue weighted by atomic mass is 9.96. The number of hydrogen-bond acceptors (Lipinski definition) is 8. The molecule has 2 aromatic carbocycles. The van der Waals surface area contributed by atoms with Gasteiger partial charge < -0.3 is 49.8 Å². The molecule has 0 radical (unpaired) electrons. The maximum atomic E-state index is 14.4. The summed E-state index contributed by atoms with van der Waals surface area (Å²) in [6, 6.07) is 9.15. The minimum atomic E-state index is -0.526. The summed E-state index contributed by atoms with van der Waals surface area (Å²) >= 11 is 0. The monoisotopic (exact) mass is 695 g/mol. The average molecular weight is 696 g/mol. The Morgan fingerprint density at radius 1 is 0.940 bits per heavy atom. The smallest absolute Gasteiger partial charge is 0.323 e. The van der Waals surface area contributed by atoms with Crippen LogP contribution in [0.4, 0.5) is 21.0 Å². The molecule has 2 aliphatic heterocycles. The second-order valence-electron chi connectivity index (χ2n) is 13.8. The number of nitrogens with zero attached hydrogens (tertiary/aromatic N) is 2. The lowest BCUT2D eigenvalue weighted by Gasteiger charge is -2.36. The number of ether oxygens (including phenoxy) is 4. The first-order chi connectivity index (χ1) is 24.1. The number of nitrogens with one attached hydrogen (secondary N) is 3. The quantitative estimate of drug-likeness (QED) is 0.283. The van der Waals surface area contributed by atoms with Crippen molar-refractivity contribution in [2.75, 3.05) is 50.8 Å². The fourth-order valence-electron chi connectivity index (χ4n) is 6.62. The van der Waals surface area contributed by atoms with Crippen molar-refractivity contribution in [1.82, 2.24) is 15.1 Å². The number of amides is 5. The number of anilines is 2. The first kappa shape index (κ1) is 37.0. The molecule has 2 aromatic rings. The van der Waals surface area contributed by atoms with Crippen LogP contribution in [0.25, 0.3) is 0 Å². The number of carbonyl (C=O) groups excluding carboxylic acids is 3. The number of aliphatic hydroxyl groups is 1. The number of likely N-dealkylation sites (N-methyl/N-ethyl adjacent to an activating group) is 1. The maximum Gasteiger partial charge on any atom is 0.323 e. The van der Waals surface area contributed by atoms with Crippen LogP contribution in [0.2, 0.25) is 0 Å². The van der Waals surface area contributed by atoms with Crippen molar-refractivity contribution in [2.24, 2.45) is 5.92 Å². The van der Waals surface area contributed by atoms with E-state index in [0.29, 0.717) is 41.8 Å². The highest BCUT2D eigenvalue weighted by atomic mass is 16.7. The predicted octanol–water partition coefficient (Wildman–Crippen LogP) is 5.83. The first-order valence-corrected chi connectivity index (χ1v) is 17.9. The zero-order chi connectivity index (χ0) is 35.6. The van der Waals surface area contributed by atoms with Crippen molar-refractivity contribution in [1.29, 1.82) is 0 Å². The van der Waals surface area contributed by atoms with Crippen LogP contribution in [0.1, 0.15) is 82.5 Å². The van der Waals surface area contributed by atoms with Crippen molar-refractivity contribution < 1.29 is 38.4 Å². The summed E-state index contributed by atoms with van der Waals surface area (Å²) in [5.41, 5.74) is 1.18. The van der Waals surface area contributed by atoms with Crippen LogP contribution >= 0.6 is 0 Å². The van der Waals surface area contributed by atoms with Crippen LogP contribution in [0.15, 0.2) is 36.4 Å². The molecule has 3 aliphatic rings. The van der Waals surface area contributed by atoms with Gasteiger partial charge in [-0.3, -0.25) is 4.79 Å². The van der Waals surface area contributed by atoms with Crippen LogP contribution in [-0.4, -0.2) is 97.3 Å². The number of fused-ring (bicyclic) bond motifs is 2. The highest BCUT2D eigenvalue weighted by Crippen LogP contribution is 2.34. The minimum absolute atomic E-state index is 0.119. The lowest BCUT2D eigenvalue weighted by Crippen LogP contribution is -2.50. The third-order valence-corrected chi connectivity index (χ3v) is 9.67. The van der Waals surface area contributed by atoms with E-state index < -0.39 is 12.1 Å². The van der Waals surface area contributed by atoms with E-state index in [1.807, 2.05) is 13.8 Å². The van der Waals surface area contributed by atoms with Crippen LogP contribution in [0, 0.1) is 5.92 Å². The second-order valence-corrected chi connectivity index (χ2v) is 13.8. The summed E-state index contributed by atoms with van der Waals surface area (Å²) in [5.74, 6) is 1.02. The Bertz CT molecular complexity index is 1470. The molecule has 0 spiro atoms. The highest BCUT2D eigenvalue weighted by Gasteiger charge is 2.31. The van der Waals surface area contributed by atoms with Crippen molar-refractivity contribution >= 4 is 29.3 Å². The average Bonchev–Trinajstić information content (AvgIpc) is 3.58. The van der Waals surface area contributed by atoms with Gasteiger partial charge in [0, 0.05) is 56.1 Å². The minimum Gasteiger partial charge on any atom is -0.490 e. The maximum absolute atomic E-state index is 14.4. The van der Waals surface area contributed by atoms with Gasteiger partial charge in [0.25, 0.3) is 5.91 Å². The molecule has 274 valence electrons. The van der Waals surface area contributed by atoms with Crippen molar-refractivity contribution in [3.63, 3.8) is 0 Å². The number of hydrogen-bond donors (Lipinski definition) is 4. The Hall–Kier alpha value is -4.23. The molecule has 0 unspecified atom stereocenters. The van der Waals surface area contributed by atoms with Crippen LogP contribution < -0.4 is 30.2 Å². The van der Waals surface area contributed by atoms with Gasteiger partial charge in [-0.05, 0) is 76.3 Å². The Kier molecular flexibility index (Phi) is 13.1. The number of aliphatic hydroxyl groups excluding tert-OH is 1. The fraction of sp³-hybridized carbons (Fsp3) is 0.595. The van der Waals surface area contributed by atoms with Gasteiger partial charge in [-0.15, -0.1) is 0 Å². The molecule has 50 heavy (non-hydrogen) atoms. The zero-order valence-corrected chi connectivity index (χ0v) is 29.7. The van der Waals surface area contributed by atoms with Crippen molar-refractivity contribution in [3.05, 3.63) is 42.0 Å². The first-order valence-electron chi connectivity index (χ1n) is 17.9. The van der Waals surface area contributed by atoms with Gasteiger partial charge in [0.05, 0.1) is 30.4 Å². The van der Waals surface area contributed by atoms with E-state index in [0.717, 1.165) is 44.9 Å². The summed E-state index contributed by atoms with van der Waals surface area (Å²) in [4.78, 5) is 43.9. The summed E-state index contributed by atoms with van der Waals surface area (Å²) in [5, 5.41) is 19.1. The standard InChI is InChI=1S/C37H53N5O8/c1-24-20-42(25(2)22-43)35(44)30-18-28(38-36(45)39-29-14-16-32-33(19-29)49-23-48-32)13-15-31(30)50-26(3)10-8-9-17-47-34(24)21-41(4)37(46)40-27-11-6-5-7-12-27/h13-16,18-19,24-27,34,43H,5-12,17,20-23H2,1-4H3,(H,40,46)(H2,38,39,45)/t24-,25-,26-,34+/m1/s1. The Labute approximate surface area is 294 Å². The van der Waals surface area contributed by atoms with E-state index >= 15 is 0 Å². The molecular weight excluding hydrogens is 642 g/mol. The van der Waals surface area contributed by atoms with E-state index in [2.05, 4.69) is 16.0 Å². The largest absolute Gasteiger partial charge is 0.490 e. The van der Waals surface area contributed by atoms with E-state index in [-0.39, 0.29) is 61.6 Å². The topological polar surface area (TPSA) is 151 Å². The summed E-state index contributed by atoms with van der Waals surface area (Å²) < 4.78 is 23.5. The van der Waals surface area contributed by atoms with Gasteiger partial charge in [-0.2, -0.15) is 0 Å². The third-order valence-electron chi connectivity index (χ3n) is 9.67. The molecule has 5 rings (SSSR count). The van der Waals surface area contributed by atoms with Gasteiger partial charge in [0.1, 0.15) is 5.75 Å². The molecule has 0 bridgehead atoms. The van der Waals surface area contributed by atoms with Gasteiger partial charge in [0.2, 0.25) is 6.79 Å². The number of urea groups is 2. The molecule has 1 aliphatic carbocycles. The third kappa shape index (κ3) is 9.94. The van der Waals surface area contributed by atoms with Gasteiger partial charge in [-0.25, -0.2) is 9.59 Å². The van der Waals surface area contributed by atoms with Crippen LogP contribution in [0.3, 0.4) is 0 Å². The second kappa shape index (κ2) is 17.6. The summed E-state index contributed by atoms with van der Waals surface area (Å²) in [6.07, 6.45) is 7.35. The molecule has 1 fully saturated rings. The van der Waals surface area contributed by atoms with E-state index in [1.165, 1.54) is 6.42 Å². The molecule has 1 saturated carbocycles. The summed E-state index contributed by atoms with van der Waals surface area (Å²) in [7, 11) is 1.78. The molecule has 4 atom stereocenters. The fourth-order valence-corrected chi connectivity index (χ4v) is 6.62. The highest BCUT2D eigenvalue weighted by molar-refractivity contribution is 6.02. The zero-order valence-electron chi connectivity index (χ0n) is 29.7. The number of rotatable bonds is 7. The van der Waals surface area contributed by atoms with E-state index in [9.17, 15) is 19.5 Å². The normalized spacial score (nSPS) is 22.4. The molecule has 2 heterocycles. The molecule has 0 saturated heterocycles. The van der Waals surface area contributed by atoms with Crippen LogP contribution in [-0.2, 0) is 4.74 Å². The molecular formula is C37H53N5O8. The number of carbonyl (C=O) groups is 3. The van der Waals surface area contributed by atoms with Gasteiger partial charge in [-0.1, -0.05) is 26.2 Å². The van der Waals surface area contributed by atoms with Gasteiger partial charge in [0.15, 0.2) is 11.5 Å². The lowest BCUT2D eigenvalue weighted by molar-refractivity contribution is -0.0123. The Morgan fingerprint density at radius 2 is 1.62 bits per heavy atom.